The molecule has 2 N–H and O–H groups in total. The molecule has 1 atom stereocenters. The second-order valence-electron chi connectivity index (χ2n) is 3.75. The summed E-state index contributed by atoms with van der Waals surface area (Å²) in [4.78, 5) is 0. The number of hydrogen-bond acceptors (Lipinski definition) is 5. The molecule has 1 aromatic rings. The summed E-state index contributed by atoms with van der Waals surface area (Å²) < 4.78 is 15.8. The van der Waals surface area contributed by atoms with E-state index in [-0.39, 0.29) is 12.6 Å². The largest absolute Gasteiger partial charge is 0.493 e. The number of hydrogen-bond donors (Lipinski definition) is 2. The van der Waals surface area contributed by atoms with E-state index in [0.29, 0.717) is 17.2 Å². The van der Waals surface area contributed by atoms with Gasteiger partial charge in [-0.25, -0.2) is 0 Å². The Bertz CT molecular complexity index is 356. The van der Waals surface area contributed by atoms with Gasteiger partial charge < -0.3 is 24.6 Å². The van der Waals surface area contributed by atoms with Crippen molar-refractivity contribution in [3.63, 3.8) is 0 Å². The van der Waals surface area contributed by atoms with Gasteiger partial charge in [-0.15, -0.1) is 0 Å². The van der Waals surface area contributed by atoms with Crippen LogP contribution in [-0.4, -0.2) is 39.6 Å². The van der Waals surface area contributed by atoms with Crippen LogP contribution in [0.4, 0.5) is 0 Å². The number of methoxy groups -OCH3 is 3. The Morgan fingerprint density at radius 2 is 1.67 bits per heavy atom. The fourth-order valence-electron chi connectivity index (χ4n) is 1.84. The van der Waals surface area contributed by atoms with Crippen molar-refractivity contribution in [2.24, 2.45) is 0 Å². The van der Waals surface area contributed by atoms with E-state index in [9.17, 15) is 5.11 Å². The van der Waals surface area contributed by atoms with E-state index >= 15 is 0 Å². The summed E-state index contributed by atoms with van der Waals surface area (Å²) in [5.74, 6) is 1.73. The minimum Gasteiger partial charge on any atom is -0.493 e. The van der Waals surface area contributed by atoms with Gasteiger partial charge in [-0.1, -0.05) is 6.92 Å². The molecule has 0 saturated heterocycles. The summed E-state index contributed by atoms with van der Waals surface area (Å²) in [6.45, 7) is 2.76. The lowest BCUT2D eigenvalue weighted by Crippen LogP contribution is -2.24. The van der Waals surface area contributed by atoms with E-state index in [1.807, 2.05) is 19.1 Å². The maximum Gasteiger partial charge on any atom is 0.203 e. The smallest absolute Gasteiger partial charge is 0.203 e. The van der Waals surface area contributed by atoms with Crippen molar-refractivity contribution in [3.05, 3.63) is 17.7 Å². The predicted octanol–water partition coefficient (Wildman–Crippen LogP) is 1.36. The first-order valence-electron chi connectivity index (χ1n) is 5.85. The molecular weight excluding hydrogens is 234 g/mol. The number of rotatable bonds is 7. The van der Waals surface area contributed by atoms with Gasteiger partial charge in [0.05, 0.1) is 34.0 Å². The van der Waals surface area contributed by atoms with Gasteiger partial charge in [0.1, 0.15) is 0 Å². The van der Waals surface area contributed by atoms with Crippen LogP contribution in [0.3, 0.4) is 0 Å². The van der Waals surface area contributed by atoms with Crippen molar-refractivity contribution in [1.29, 1.82) is 0 Å². The molecule has 0 spiro atoms. The second kappa shape index (κ2) is 7.08. The highest BCUT2D eigenvalue weighted by Crippen LogP contribution is 2.39. The molecule has 0 aromatic heterocycles. The first-order valence-corrected chi connectivity index (χ1v) is 5.85. The zero-order valence-corrected chi connectivity index (χ0v) is 11.3. The molecular formula is C13H21NO4. The minimum absolute atomic E-state index is 0.00643. The van der Waals surface area contributed by atoms with Gasteiger partial charge >= 0.3 is 0 Å². The number of benzene rings is 1. The number of aliphatic hydroxyl groups is 1. The average Bonchev–Trinajstić information content (AvgIpc) is 2.42. The molecule has 0 aliphatic heterocycles. The van der Waals surface area contributed by atoms with Crippen LogP contribution in [0.15, 0.2) is 12.1 Å². The minimum atomic E-state index is -0.149. The highest BCUT2D eigenvalue weighted by atomic mass is 16.5. The summed E-state index contributed by atoms with van der Waals surface area (Å²) in [7, 11) is 4.71. The Balaban J connectivity index is 3.21. The molecule has 0 saturated carbocycles. The summed E-state index contributed by atoms with van der Waals surface area (Å²) in [6.07, 6.45) is 0. The van der Waals surface area contributed by atoms with Crippen LogP contribution in [0.5, 0.6) is 17.2 Å². The number of likely N-dealkylation sites (N-methyl/N-ethyl adjacent to an activating group) is 1. The predicted molar refractivity (Wildman–Crippen MR) is 69.6 cm³/mol. The molecule has 1 unspecified atom stereocenters. The third-order valence-electron chi connectivity index (χ3n) is 2.72. The lowest BCUT2D eigenvalue weighted by atomic mass is 10.1. The molecule has 1 rings (SSSR count). The second-order valence-corrected chi connectivity index (χ2v) is 3.75. The van der Waals surface area contributed by atoms with Crippen molar-refractivity contribution in [2.45, 2.75) is 13.0 Å². The van der Waals surface area contributed by atoms with Crippen LogP contribution in [0, 0.1) is 0 Å². The fraction of sp³-hybridized carbons (Fsp3) is 0.538. The molecule has 0 heterocycles. The van der Waals surface area contributed by atoms with Gasteiger partial charge in [0.25, 0.3) is 0 Å². The molecule has 0 fully saturated rings. The van der Waals surface area contributed by atoms with Gasteiger partial charge in [0.2, 0.25) is 5.75 Å². The maximum absolute atomic E-state index is 9.39. The Kier molecular flexibility index (Phi) is 5.74. The van der Waals surface area contributed by atoms with E-state index in [4.69, 9.17) is 14.2 Å². The molecule has 0 aliphatic carbocycles. The summed E-state index contributed by atoms with van der Waals surface area (Å²) in [6, 6.07) is 3.53. The average molecular weight is 255 g/mol. The summed E-state index contributed by atoms with van der Waals surface area (Å²) in [5, 5.41) is 12.6. The van der Waals surface area contributed by atoms with Crippen LogP contribution in [0.1, 0.15) is 18.5 Å². The maximum atomic E-state index is 9.39. The lowest BCUT2D eigenvalue weighted by Gasteiger charge is -2.19. The van der Waals surface area contributed by atoms with E-state index < -0.39 is 0 Å². The van der Waals surface area contributed by atoms with Gasteiger partial charge in [-0.2, -0.15) is 0 Å². The Morgan fingerprint density at radius 1 is 1.11 bits per heavy atom. The summed E-state index contributed by atoms with van der Waals surface area (Å²) in [5.41, 5.74) is 0.897. The highest BCUT2D eigenvalue weighted by molar-refractivity contribution is 5.54. The standard InChI is InChI=1S/C13H21NO4/c1-5-14-10(8-15)9-6-11(16-2)13(18-4)12(7-9)17-3/h6-7,10,14-15H,5,8H2,1-4H3. The first-order chi connectivity index (χ1) is 8.71. The van der Waals surface area contributed by atoms with Crippen LogP contribution >= 0.6 is 0 Å². The zero-order valence-electron chi connectivity index (χ0n) is 11.3. The van der Waals surface area contributed by atoms with E-state index in [2.05, 4.69) is 5.32 Å². The quantitative estimate of drug-likeness (QED) is 0.770. The Hall–Kier alpha value is -1.46. The monoisotopic (exact) mass is 255 g/mol. The lowest BCUT2D eigenvalue weighted by molar-refractivity contribution is 0.245. The third-order valence-corrected chi connectivity index (χ3v) is 2.72. The van der Waals surface area contributed by atoms with Crippen LogP contribution in [0.2, 0.25) is 0 Å². The molecule has 0 radical (unpaired) electrons. The first kappa shape index (κ1) is 14.6. The molecule has 0 amide bonds. The van der Waals surface area contributed by atoms with E-state index in [1.165, 1.54) is 0 Å². The van der Waals surface area contributed by atoms with Crippen molar-refractivity contribution in [1.82, 2.24) is 5.32 Å². The number of aliphatic hydroxyl groups excluding tert-OH is 1. The van der Waals surface area contributed by atoms with Gasteiger partial charge in [-0.05, 0) is 24.2 Å². The van der Waals surface area contributed by atoms with E-state index in [1.54, 1.807) is 21.3 Å². The van der Waals surface area contributed by atoms with Crippen molar-refractivity contribution >= 4 is 0 Å². The van der Waals surface area contributed by atoms with Gasteiger partial charge in [0, 0.05) is 0 Å². The van der Waals surface area contributed by atoms with Gasteiger partial charge in [-0.3, -0.25) is 0 Å². The normalized spacial score (nSPS) is 12.1. The number of nitrogens with one attached hydrogen (secondary N) is 1. The van der Waals surface area contributed by atoms with Crippen LogP contribution < -0.4 is 19.5 Å². The van der Waals surface area contributed by atoms with Crippen molar-refractivity contribution < 1.29 is 19.3 Å². The van der Waals surface area contributed by atoms with Crippen molar-refractivity contribution in [2.75, 3.05) is 34.5 Å². The van der Waals surface area contributed by atoms with Gasteiger partial charge in [0.15, 0.2) is 11.5 Å². The molecule has 0 bridgehead atoms. The molecule has 5 nitrogen and oxygen atoms in total. The fourth-order valence-corrected chi connectivity index (χ4v) is 1.84. The molecule has 18 heavy (non-hydrogen) atoms. The van der Waals surface area contributed by atoms with Crippen LogP contribution in [0.25, 0.3) is 0 Å². The number of ether oxygens (including phenoxy) is 3. The molecule has 102 valence electrons. The van der Waals surface area contributed by atoms with Crippen molar-refractivity contribution in [3.8, 4) is 17.2 Å². The topological polar surface area (TPSA) is 60.0 Å². The van der Waals surface area contributed by atoms with E-state index in [0.717, 1.165) is 12.1 Å². The summed E-state index contributed by atoms with van der Waals surface area (Å²) >= 11 is 0. The SMILES string of the molecule is CCNC(CO)c1cc(OC)c(OC)c(OC)c1. The molecule has 5 heteroatoms. The third kappa shape index (κ3) is 3.05. The van der Waals surface area contributed by atoms with Crippen LogP contribution in [-0.2, 0) is 0 Å². The molecule has 0 aliphatic rings. The Morgan fingerprint density at radius 3 is 2.00 bits per heavy atom. The Labute approximate surface area is 108 Å². The molecule has 1 aromatic carbocycles. The highest BCUT2D eigenvalue weighted by Gasteiger charge is 2.17. The zero-order chi connectivity index (χ0) is 13.5.